The molecule has 8 heteroatoms. The second kappa shape index (κ2) is 9.39. The van der Waals surface area contributed by atoms with E-state index in [9.17, 15) is 19.7 Å². The van der Waals surface area contributed by atoms with Crippen molar-refractivity contribution < 1.29 is 14.5 Å². The van der Waals surface area contributed by atoms with Crippen LogP contribution < -0.4 is 15.5 Å². The molecule has 158 valence electrons. The minimum atomic E-state index is -0.501. The molecule has 1 saturated heterocycles. The minimum Gasteiger partial charge on any atom is -0.371 e. The first-order valence-electron chi connectivity index (χ1n) is 10.1. The number of nitrogens with zero attached hydrogens (tertiary/aromatic N) is 2. The van der Waals surface area contributed by atoms with E-state index in [4.69, 9.17) is 0 Å². The van der Waals surface area contributed by atoms with E-state index >= 15 is 0 Å². The molecule has 2 N–H and O–H groups in total. The fraction of sp³-hybridized carbons (Fsp3) is 0.364. The van der Waals surface area contributed by atoms with Gasteiger partial charge in [0.1, 0.15) is 0 Å². The molecule has 1 aliphatic rings. The number of nitrogens with one attached hydrogen (secondary N) is 2. The van der Waals surface area contributed by atoms with Gasteiger partial charge in [-0.3, -0.25) is 19.7 Å². The zero-order valence-electron chi connectivity index (χ0n) is 17.2. The van der Waals surface area contributed by atoms with Gasteiger partial charge in [-0.2, -0.15) is 0 Å². The summed E-state index contributed by atoms with van der Waals surface area (Å²) < 4.78 is 0. The van der Waals surface area contributed by atoms with E-state index in [-0.39, 0.29) is 23.1 Å². The molecule has 0 atom stereocenters. The number of amides is 2. The molecule has 2 aromatic rings. The van der Waals surface area contributed by atoms with Crippen molar-refractivity contribution in [3.8, 4) is 0 Å². The Bertz CT molecular complexity index is 935. The van der Waals surface area contributed by atoms with E-state index in [0.717, 1.165) is 25.9 Å². The Morgan fingerprint density at radius 1 is 1.03 bits per heavy atom. The van der Waals surface area contributed by atoms with E-state index in [0.29, 0.717) is 23.5 Å². The van der Waals surface area contributed by atoms with Gasteiger partial charge in [0.2, 0.25) is 5.91 Å². The summed E-state index contributed by atoms with van der Waals surface area (Å²) in [5.74, 6) is -0.200. The predicted molar refractivity (Wildman–Crippen MR) is 117 cm³/mol. The van der Waals surface area contributed by atoms with Crippen molar-refractivity contribution >= 4 is 34.6 Å². The Morgan fingerprint density at radius 2 is 1.63 bits per heavy atom. The summed E-state index contributed by atoms with van der Waals surface area (Å²) >= 11 is 0. The van der Waals surface area contributed by atoms with Gasteiger partial charge in [0.15, 0.2) is 0 Å². The Morgan fingerprint density at radius 3 is 2.20 bits per heavy atom. The van der Waals surface area contributed by atoms with Gasteiger partial charge >= 0.3 is 0 Å². The van der Waals surface area contributed by atoms with Crippen molar-refractivity contribution in [2.45, 2.75) is 33.1 Å². The Labute approximate surface area is 175 Å². The molecule has 0 unspecified atom stereocenters. The highest BCUT2D eigenvalue weighted by Gasteiger charge is 2.22. The van der Waals surface area contributed by atoms with Crippen LogP contribution in [0.25, 0.3) is 0 Å². The van der Waals surface area contributed by atoms with Crippen molar-refractivity contribution in [1.82, 2.24) is 0 Å². The molecule has 0 aliphatic carbocycles. The molecular formula is C22H26N4O4. The summed E-state index contributed by atoms with van der Waals surface area (Å²) in [4.78, 5) is 37.6. The first-order valence-corrected chi connectivity index (χ1v) is 10.1. The highest BCUT2D eigenvalue weighted by atomic mass is 16.6. The predicted octanol–water partition coefficient (Wildman–Crippen LogP) is 4.43. The highest BCUT2D eigenvalue weighted by molar-refractivity contribution is 6.08. The summed E-state index contributed by atoms with van der Waals surface area (Å²) in [5.41, 5.74) is 2.05. The molecule has 0 radical (unpaired) electrons. The number of carbonyl (C=O) groups is 2. The molecule has 30 heavy (non-hydrogen) atoms. The van der Waals surface area contributed by atoms with Crippen LogP contribution in [0.5, 0.6) is 0 Å². The van der Waals surface area contributed by atoms with Gasteiger partial charge in [-0.1, -0.05) is 13.8 Å². The standard InChI is InChI=1S/C22H26N4O4/c1-15(2)13-21(27)23-16-5-7-17(8-6-16)24-22(28)19-14-18(26(29)30)9-10-20(19)25-11-3-4-12-25/h5-10,14-15H,3-4,11-13H2,1-2H3,(H,23,27)(H,24,28). The van der Waals surface area contributed by atoms with E-state index < -0.39 is 10.8 Å². The van der Waals surface area contributed by atoms with Crippen LogP contribution >= 0.6 is 0 Å². The van der Waals surface area contributed by atoms with Crippen molar-refractivity contribution in [1.29, 1.82) is 0 Å². The lowest BCUT2D eigenvalue weighted by Crippen LogP contribution is -2.23. The molecular weight excluding hydrogens is 384 g/mol. The van der Waals surface area contributed by atoms with Crippen LogP contribution in [-0.4, -0.2) is 29.8 Å². The Kier molecular flexibility index (Phi) is 6.66. The maximum atomic E-state index is 12.9. The molecule has 8 nitrogen and oxygen atoms in total. The van der Waals surface area contributed by atoms with E-state index in [1.54, 1.807) is 30.3 Å². The third-order valence-corrected chi connectivity index (χ3v) is 4.90. The van der Waals surface area contributed by atoms with Crippen LogP contribution in [0.2, 0.25) is 0 Å². The average molecular weight is 410 g/mol. The second-order valence-corrected chi connectivity index (χ2v) is 7.83. The maximum absolute atomic E-state index is 12.9. The molecule has 2 amide bonds. The normalized spacial score (nSPS) is 13.4. The number of non-ortho nitro benzene ring substituents is 1. The van der Waals surface area contributed by atoms with Gasteiger partial charge in [0.25, 0.3) is 11.6 Å². The Balaban J connectivity index is 1.75. The molecule has 0 bridgehead atoms. The number of anilines is 3. The fourth-order valence-electron chi connectivity index (χ4n) is 3.47. The lowest BCUT2D eigenvalue weighted by atomic mass is 10.1. The molecule has 1 aliphatic heterocycles. The summed E-state index contributed by atoms with van der Waals surface area (Å²) in [6.45, 7) is 5.59. The number of nitro benzene ring substituents is 1. The van der Waals surface area contributed by atoms with Gasteiger partial charge in [-0.25, -0.2) is 0 Å². The quantitative estimate of drug-likeness (QED) is 0.519. The largest absolute Gasteiger partial charge is 0.371 e. The zero-order chi connectivity index (χ0) is 21.7. The van der Waals surface area contributed by atoms with Crippen LogP contribution in [0, 0.1) is 16.0 Å². The van der Waals surface area contributed by atoms with Crippen molar-refractivity contribution in [3.63, 3.8) is 0 Å². The topological polar surface area (TPSA) is 105 Å². The molecule has 1 fully saturated rings. The van der Waals surface area contributed by atoms with E-state index in [2.05, 4.69) is 15.5 Å². The third kappa shape index (κ3) is 5.34. The molecule has 2 aromatic carbocycles. The van der Waals surface area contributed by atoms with Gasteiger partial charge in [-0.15, -0.1) is 0 Å². The first-order chi connectivity index (χ1) is 14.3. The number of carbonyl (C=O) groups excluding carboxylic acids is 2. The van der Waals surface area contributed by atoms with Crippen LogP contribution in [0.15, 0.2) is 42.5 Å². The van der Waals surface area contributed by atoms with E-state index in [1.807, 2.05) is 13.8 Å². The van der Waals surface area contributed by atoms with Gasteiger partial charge < -0.3 is 15.5 Å². The van der Waals surface area contributed by atoms with Gasteiger partial charge in [-0.05, 0) is 49.1 Å². The van der Waals surface area contributed by atoms with Crippen LogP contribution in [0.3, 0.4) is 0 Å². The van der Waals surface area contributed by atoms with Crippen LogP contribution in [0.4, 0.5) is 22.7 Å². The van der Waals surface area contributed by atoms with Crippen LogP contribution in [0.1, 0.15) is 43.5 Å². The highest BCUT2D eigenvalue weighted by Crippen LogP contribution is 2.29. The number of rotatable bonds is 7. The molecule has 0 aromatic heterocycles. The molecule has 0 spiro atoms. The van der Waals surface area contributed by atoms with Crippen molar-refractivity contribution in [3.05, 3.63) is 58.1 Å². The molecule has 3 rings (SSSR count). The minimum absolute atomic E-state index is 0.0614. The Hall–Kier alpha value is -3.42. The average Bonchev–Trinajstić information content (AvgIpc) is 3.23. The summed E-state index contributed by atoms with van der Waals surface area (Å²) in [7, 11) is 0. The number of benzene rings is 2. The molecule has 1 heterocycles. The summed E-state index contributed by atoms with van der Waals surface area (Å²) in [6, 6.07) is 11.2. The number of nitro groups is 1. The van der Waals surface area contributed by atoms with Gasteiger partial charge in [0.05, 0.1) is 16.2 Å². The fourth-order valence-corrected chi connectivity index (χ4v) is 3.47. The van der Waals surface area contributed by atoms with Crippen molar-refractivity contribution in [2.24, 2.45) is 5.92 Å². The van der Waals surface area contributed by atoms with Crippen molar-refractivity contribution in [2.75, 3.05) is 28.6 Å². The summed E-state index contributed by atoms with van der Waals surface area (Å²) in [6.07, 6.45) is 2.49. The number of hydrogen-bond acceptors (Lipinski definition) is 5. The molecule has 0 saturated carbocycles. The number of hydrogen-bond donors (Lipinski definition) is 2. The smallest absolute Gasteiger partial charge is 0.270 e. The zero-order valence-corrected chi connectivity index (χ0v) is 17.2. The van der Waals surface area contributed by atoms with Crippen LogP contribution in [-0.2, 0) is 4.79 Å². The lowest BCUT2D eigenvalue weighted by molar-refractivity contribution is -0.384. The SMILES string of the molecule is CC(C)CC(=O)Nc1ccc(NC(=O)c2cc([N+](=O)[O-])ccc2N2CCCC2)cc1. The third-order valence-electron chi connectivity index (χ3n) is 4.90. The second-order valence-electron chi connectivity index (χ2n) is 7.83. The summed E-state index contributed by atoms with van der Waals surface area (Å²) in [5, 5.41) is 16.8. The van der Waals surface area contributed by atoms with E-state index in [1.165, 1.54) is 12.1 Å². The lowest BCUT2D eigenvalue weighted by Gasteiger charge is -2.21. The monoisotopic (exact) mass is 410 g/mol. The first kappa shape index (κ1) is 21.3. The van der Waals surface area contributed by atoms with Gasteiger partial charge in [0, 0.05) is 43.0 Å². The maximum Gasteiger partial charge on any atom is 0.270 e.